The Balaban J connectivity index is 1.42. The number of nitrogens with one attached hydrogen (secondary N) is 1. The van der Waals surface area contributed by atoms with Gasteiger partial charge in [-0.1, -0.05) is 83.8 Å². The minimum atomic E-state index is -0.251. The number of hydrogen-bond acceptors (Lipinski definition) is 6. The van der Waals surface area contributed by atoms with E-state index >= 15 is 0 Å². The van der Waals surface area contributed by atoms with Crippen LogP contribution in [-0.4, -0.2) is 16.1 Å². The van der Waals surface area contributed by atoms with E-state index in [9.17, 15) is 4.79 Å². The molecule has 0 aliphatic rings. The Labute approximate surface area is 170 Å². The molecule has 2 aromatic heterocycles. The van der Waals surface area contributed by atoms with Gasteiger partial charge in [-0.25, -0.2) is 0 Å². The minimum absolute atomic E-state index is 0.251. The Morgan fingerprint density at radius 1 is 1.07 bits per heavy atom. The van der Waals surface area contributed by atoms with E-state index in [4.69, 9.17) is 4.42 Å². The fourth-order valence-corrected chi connectivity index (χ4v) is 4.36. The lowest BCUT2D eigenvalue weighted by Crippen LogP contribution is -2.11. The number of furan rings is 1. The molecule has 0 aliphatic carbocycles. The van der Waals surface area contributed by atoms with E-state index in [-0.39, 0.29) is 5.91 Å². The van der Waals surface area contributed by atoms with Crippen molar-refractivity contribution >= 4 is 34.1 Å². The molecule has 0 saturated carbocycles. The summed E-state index contributed by atoms with van der Waals surface area (Å²) in [4.78, 5) is 12.6. The highest BCUT2D eigenvalue weighted by Crippen LogP contribution is 2.29. The number of nitrogens with zero attached hydrogens (tertiary/aromatic N) is 2. The van der Waals surface area contributed by atoms with Crippen molar-refractivity contribution in [3.05, 3.63) is 83.6 Å². The normalized spacial score (nSPS) is 10.8. The van der Waals surface area contributed by atoms with Gasteiger partial charge in [0, 0.05) is 11.3 Å². The molecule has 0 saturated heterocycles. The molecule has 0 fully saturated rings. The van der Waals surface area contributed by atoms with Gasteiger partial charge in [0.25, 0.3) is 5.91 Å². The molecule has 0 aliphatic heterocycles. The van der Waals surface area contributed by atoms with Crippen LogP contribution in [0.4, 0.5) is 5.13 Å². The summed E-state index contributed by atoms with van der Waals surface area (Å²) in [6.07, 6.45) is 0. The first kappa shape index (κ1) is 18.5. The molecule has 1 amide bonds. The second-order valence-electron chi connectivity index (χ2n) is 6.05. The van der Waals surface area contributed by atoms with Crippen molar-refractivity contribution in [3.63, 3.8) is 0 Å². The number of carbonyl (C=O) groups is 1. The molecule has 0 bridgehead atoms. The van der Waals surface area contributed by atoms with Gasteiger partial charge in [0.05, 0.1) is 5.56 Å². The van der Waals surface area contributed by atoms with E-state index in [1.165, 1.54) is 16.9 Å². The van der Waals surface area contributed by atoms with Crippen molar-refractivity contribution in [2.45, 2.75) is 17.0 Å². The molecule has 2 aromatic carbocycles. The Bertz CT molecular complexity index is 1080. The molecule has 5 nitrogen and oxygen atoms in total. The highest BCUT2D eigenvalue weighted by Gasteiger charge is 2.17. The smallest absolute Gasteiger partial charge is 0.261 e. The topological polar surface area (TPSA) is 68.0 Å². The summed E-state index contributed by atoms with van der Waals surface area (Å²) in [5, 5.41) is 11.5. The summed E-state index contributed by atoms with van der Waals surface area (Å²) >= 11 is 2.96. The highest BCUT2D eigenvalue weighted by atomic mass is 32.2. The molecular weight excluding hydrogens is 390 g/mol. The van der Waals surface area contributed by atoms with Gasteiger partial charge in [-0.2, -0.15) is 0 Å². The standard InChI is InChI=1S/C21H17N3O2S2/c1-14-17(12-18(26-14)16-10-6-3-7-11-16)19(25)22-20-23-24-21(28-20)27-13-15-8-4-2-5-9-15/h2-12H,13H2,1H3,(H,22,23,25). The lowest BCUT2D eigenvalue weighted by atomic mass is 10.1. The molecule has 7 heteroatoms. The predicted molar refractivity (Wildman–Crippen MR) is 113 cm³/mol. The number of anilines is 1. The first-order valence-electron chi connectivity index (χ1n) is 8.66. The molecule has 140 valence electrons. The Morgan fingerprint density at radius 2 is 1.79 bits per heavy atom. The second kappa shape index (κ2) is 8.41. The van der Waals surface area contributed by atoms with Crippen molar-refractivity contribution < 1.29 is 9.21 Å². The molecule has 0 spiro atoms. The third-order valence-electron chi connectivity index (χ3n) is 4.05. The number of carbonyl (C=O) groups excluding carboxylic acids is 1. The number of rotatable bonds is 6. The van der Waals surface area contributed by atoms with Gasteiger partial charge in [0.2, 0.25) is 5.13 Å². The maximum absolute atomic E-state index is 12.6. The Kier molecular flexibility index (Phi) is 5.55. The zero-order valence-corrected chi connectivity index (χ0v) is 16.7. The largest absolute Gasteiger partial charge is 0.461 e. The number of benzene rings is 2. The van der Waals surface area contributed by atoms with Crippen LogP contribution in [0, 0.1) is 6.92 Å². The average molecular weight is 408 g/mol. The Hall–Kier alpha value is -2.90. The average Bonchev–Trinajstić information content (AvgIpc) is 3.34. The van der Waals surface area contributed by atoms with Gasteiger partial charge in [-0.05, 0) is 18.6 Å². The lowest BCUT2D eigenvalue weighted by Gasteiger charge is -1.98. The van der Waals surface area contributed by atoms with Gasteiger partial charge in [-0.15, -0.1) is 10.2 Å². The van der Waals surface area contributed by atoms with E-state index in [0.29, 0.717) is 22.2 Å². The monoisotopic (exact) mass is 407 g/mol. The van der Waals surface area contributed by atoms with Crippen molar-refractivity contribution in [1.82, 2.24) is 10.2 Å². The van der Waals surface area contributed by atoms with E-state index in [1.807, 2.05) is 48.5 Å². The molecule has 4 rings (SSSR count). The van der Waals surface area contributed by atoms with Gasteiger partial charge in [0.1, 0.15) is 11.5 Å². The van der Waals surface area contributed by atoms with E-state index < -0.39 is 0 Å². The lowest BCUT2D eigenvalue weighted by molar-refractivity contribution is 0.102. The summed E-state index contributed by atoms with van der Waals surface area (Å²) in [7, 11) is 0. The van der Waals surface area contributed by atoms with Crippen molar-refractivity contribution in [2.75, 3.05) is 5.32 Å². The van der Waals surface area contributed by atoms with Gasteiger partial charge in [-0.3, -0.25) is 10.1 Å². The fraction of sp³-hybridized carbons (Fsp3) is 0.0952. The zero-order chi connectivity index (χ0) is 19.3. The molecule has 28 heavy (non-hydrogen) atoms. The van der Waals surface area contributed by atoms with E-state index in [2.05, 4.69) is 27.6 Å². The van der Waals surface area contributed by atoms with Crippen molar-refractivity contribution in [3.8, 4) is 11.3 Å². The van der Waals surface area contributed by atoms with Gasteiger partial charge in [0.15, 0.2) is 4.34 Å². The number of thioether (sulfide) groups is 1. The first-order chi connectivity index (χ1) is 13.7. The number of amides is 1. The number of hydrogen-bond donors (Lipinski definition) is 1. The first-order valence-corrected chi connectivity index (χ1v) is 10.5. The van der Waals surface area contributed by atoms with E-state index in [1.54, 1.807) is 24.8 Å². The molecule has 0 radical (unpaired) electrons. The third kappa shape index (κ3) is 4.32. The molecule has 0 unspecified atom stereocenters. The molecule has 1 N–H and O–H groups in total. The molecule has 0 atom stereocenters. The molecule has 2 heterocycles. The number of aromatic nitrogens is 2. The maximum Gasteiger partial charge on any atom is 0.261 e. The van der Waals surface area contributed by atoms with Crippen molar-refractivity contribution in [1.29, 1.82) is 0 Å². The predicted octanol–water partition coefficient (Wildman–Crippen LogP) is 5.65. The summed E-state index contributed by atoms with van der Waals surface area (Å²) in [6.45, 7) is 1.78. The second-order valence-corrected chi connectivity index (χ2v) is 8.25. The van der Waals surface area contributed by atoms with Crippen LogP contribution in [0.5, 0.6) is 0 Å². The summed E-state index contributed by atoms with van der Waals surface area (Å²) < 4.78 is 6.57. The van der Waals surface area contributed by atoms with Crippen LogP contribution in [0.15, 0.2) is 75.5 Å². The summed E-state index contributed by atoms with van der Waals surface area (Å²) in [5.74, 6) is 1.79. The molecule has 4 aromatic rings. The van der Waals surface area contributed by atoms with Gasteiger partial charge >= 0.3 is 0 Å². The maximum atomic E-state index is 12.6. The Morgan fingerprint density at radius 3 is 2.54 bits per heavy atom. The molecular formula is C21H17N3O2S2. The van der Waals surface area contributed by atoms with Crippen LogP contribution in [0.3, 0.4) is 0 Å². The summed E-state index contributed by atoms with van der Waals surface area (Å²) in [6, 6.07) is 21.6. The number of aryl methyl sites for hydroxylation is 1. The quantitative estimate of drug-likeness (QED) is 0.330. The van der Waals surface area contributed by atoms with Crippen LogP contribution >= 0.6 is 23.1 Å². The van der Waals surface area contributed by atoms with Crippen LogP contribution < -0.4 is 5.32 Å². The summed E-state index contributed by atoms with van der Waals surface area (Å²) in [5.41, 5.74) is 2.64. The SMILES string of the molecule is Cc1oc(-c2ccccc2)cc1C(=O)Nc1nnc(SCc2ccccc2)s1. The van der Waals surface area contributed by atoms with Crippen LogP contribution in [0.1, 0.15) is 21.7 Å². The van der Waals surface area contributed by atoms with E-state index in [0.717, 1.165) is 15.7 Å². The fourth-order valence-electron chi connectivity index (χ4n) is 2.65. The third-order valence-corrected chi connectivity index (χ3v) is 6.10. The van der Waals surface area contributed by atoms with Crippen LogP contribution in [0.2, 0.25) is 0 Å². The van der Waals surface area contributed by atoms with Gasteiger partial charge < -0.3 is 4.42 Å². The van der Waals surface area contributed by atoms with Crippen molar-refractivity contribution in [2.24, 2.45) is 0 Å². The highest BCUT2D eigenvalue weighted by molar-refractivity contribution is 8.00. The van der Waals surface area contributed by atoms with Crippen LogP contribution in [-0.2, 0) is 5.75 Å². The zero-order valence-electron chi connectivity index (χ0n) is 15.1. The minimum Gasteiger partial charge on any atom is -0.461 e. The van der Waals surface area contributed by atoms with Crippen LogP contribution in [0.25, 0.3) is 11.3 Å².